The van der Waals surface area contributed by atoms with Gasteiger partial charge in [0.05, 0.1) is 11.0 Å². The van der Waals surface area contributed by atoms with E-state index < -0.39 is 28.7 Å². The molecule has 0 spiro atoms. The largest absolute Gasteiger partial charge is 0.504 e. The van der Waals surface area contributed by atoms with E-state index in [-0.39, 0.29) is 0 Å². The highest BCUT2D eigenvalue weighted by Gasteiger charge is 2.14. The zero-order valence-electron chi connectivity index (χ0n) is 6.68. The standard InChI is InChI=1S/C7H5F2NO4/c8-7(9)14-6-3-4(10(12)13)1-2-5(6)11/h1-3,7,11H. The van der Waals surface area contributed by atoms with Gasteiger partial charge in [-0.1, -0.05) is 0 Å². The van der Waals surface area contributed by atoms with Crippen molar-refractivity contribution in [3.63, 3.8) is 0 Å². The second-order valence-corrected chi connectivity index (χ2v) is 2.29. The summed E-state index contributed by atoms with van der Waals surface area (Å²) in [5, 5.41) is 19.2. The molecule has 5 nitrogen and oxygen atoms in total. The number of phenols is 1. The van der Waals surface area contributed by atoms with E-state index in [2.05, 4.69) is 4.74 Å². The third-order valence-electron chi connectivity index (χ3n) is 1.37. The summed E-state index contributed by atoms with van der Waals surface area (Å²) >= 11 is 0. The van der Waals surface area contributed by atoms with Crippen molar-refractivity contribution in [1.29, 1.82) is 0 Å². The number of alkyl halides is 2. The minimum atomic E-state index is -3.14. The molecule has 0 atom stereocenters. The molecule has 0 amide bonds. The number of nitro groups is 1. The first-order chi connectivity index (χ1) is 6.50. The predicted molar refractivity (Wildman–Crippen MR) is 41.4 cm³/mol. The number of hydrogen-bond donors (Lipinski definition) is 1. The Labute approximate surface area is 76.7 Å². The Bertz CT molecular complexity index is 356. The van der Waals surface area contributed by atoms with Gasteiger partial charge in [0.15, 0.2) is 11.5 Å². The fourth-order valence-electron chi connectivity index (χ4n) is 0.807. The molecule has 0 aromatic heterocycles. The van der Waals surface area contributed by atoms with Gasteiger partial charge in [-0.25, -0.2) is 0 Å². The van der Waals surface area contributed by atoms with E-state index >= 15 is 0 Å². The van der Waals surface area contributed by atoms with E-state index in [1.54, 1.807) is 0 Å². The van der Waals surface area contributed by atoms with Crippen LogP contribution in [0.2, 0.25) is 0 Å². The lowest BCUT2D eigenvalue weighted by Gasteiger charge is -2.05. The highest BCUT2D eigenvalue weighted by Crippen LogP contribution is 2.31. The zero-order chi connectivity index (χ0) is 10.7. The van der Waals surface area contributed by atoms with E-state index in [1.807, 2.05) is 0 Å². The maximum absolute atomic E-state index is 11.7. The smallest absolute Gasteiger partial charge is 0.387 e. The molecule has 14 heavy (non-hydrogen) atoms. The zero-order valence-corrected chi connectivity index (χ0v) is 6.68. The summed E-state index contributed by atoms with van der Waals surface area (Å²) < 4.78 is 27.3. The fourth-order valence-corrected chi connectivity index (χ4v) is 0.807. The molecule has 0 bridgehead atoms. The van der Waals surface area contributed by atoms with E-state index in [4.69, 9.17) is 5.11 Å². The number of phenolic OH excluding ortho intramolecular Hbond substituents is 1. The Balaban J connectivity index is 3.02. The summed E-state index contributed by atoms with van der Waals surface area (Å²) in [5.41, 5.74) is -0.432. The number of benzene rings is 1. The van der Waals surface area contributed by atoms with Crippen molar-refractivity contribution in [2.24, 2.45) is 0 Å². The topological polar surface area (TPSA) is 72.6 Å². The maximum Gasteiger partial charge on any atom is 0.387 e. The molecule has 7 heteroatoms. The number of nitrogens with zero attached hydrogens (tertiary/aromatic N) is 1. The van der Waals surface area contributed by atoms with Crippen LogP contribution in [0.3, 0.4) is 0 Å². The Kier molecular flexibility index (Phi) is 2.80. The molecule has 0 aliphatic carbocycles. The fraction of sp³-hybridized carbons (Fsp3) is 0.143. The lowest BCUT2D eigenvalue weighted by molar-refractivity contribution is -0.385. The lowest BCUT2D eigenvalue weighted by Crippen LogP contribution is -2.02. The molecule has 0 fully saturated rings. The van der Waals surface area contributed by atoms with Gasteiger partial charge in [-0.2, -0.15) is 8.78 Å². The number of halogens is 2. The van der Waals surface area contributed by atoms with Gasteiger partial charge in [0.2, 0.25) is 0 Å². The molecular formula is C7H5F2NO4. The van der Waals surface area contributed by atoms with Crippen LogP contribution in [0.5, 0.6) is 11.5 Å². The van der Waals surface area contributed by atoms with Gasteiger partial charge in [-0.05, 0) is 6.07 Å². The molecule has 76 valence electrons. The van der Waals surface area contributed by atoms with Crippen LogP contribution in [0.15, 0.2) is 18.2 Å². The number of hydrogen-bond acceptors (Lipinski definition) is 4. The van der Waals surface area contributed by atoms with E-state index in [9.17, 15) is 18.9 Å². The monoisotopic (exact) mass is 205 g/mol. The minimum absolute atomic E-state index is 0.432. The van der Waals surface area contributed by atoms with Crippen LogP contribution >= 0.6 is 0 Å². The van der Waals surface area contributed by atoms with Crippen molar-refractivity contribution in [3.05, 3.63) is 28.3 Å². The quantitative estimate of drug-likeness (QED) is 0.604. The molecule has 1 aromatic carbocycles. The van der Waals surface area contributed by atoms with Gasteiger partial charge < -0.3 is 9.84 Å². The van der Waals surface area contributed by atoms with Crippen LogP contribution in [0, 0.1) is 10.1 Å². The van der Waals surface area contributed by atoms with Crippen LogP contribution in [-0.2, 0) is 0 Å². The number of aromatic hydroxyl groups is 1. The van der Waals surface area contributed by atoms with Gasteiger partial charge in [-0.3, -0.25) is 10.1 Å². The second kappa shape index (κ2) is 3.86. The van der Waals surface area contributed by atoms with E-state index in [0.29, 0.717) is 0 Å². The molecular weight excluding hydrogens is 200 g/mol. The average molecular weight is 205 g/mol. The molecule has 0 saturated carbocycles. The highest BCUT2D eigenvalue weighted by molar-refractivity contribution is 5.47. The first kappa shape index (κ1) is 10.2. The molecule has 0 unspecified atom stereocenters. The summed E-state index contributed by atoms with van der Waals surface area (Å²) in [5.74, 6) is -1.19. The Hall–Kier alpha value is -1.92. The van der Waals surface area contributed by atoms with Crippen molar-refractivity contribution in [1.82, 2.24) is 0 Å². The number of ether oxygens (including phenoxy) is 1. The Morgan fingerprint density at radius 2 is 2.14 bits per heavy atom. The molecule has 0 aliphatic rings. The van der Waals surface area contributed by atoms with Crippen molar-refractivity contribution in [3.8, 4) is 11.5 Å². The van der Waals surface area contributed by atoms with Crippen LogP contribution < -0.4 is 4.74 Å². The van der Waals surface area contributed by atoms with Crippen molar-refractivity contribution >= 4 is 5.69 Å². The molecule has 0 saturated heterocycles. The highest BCUT2D eigenvalue weighted by atomic mass is 19.3. The van der Waals surface area contributed by atoms with Gasteiger partial charge in [0, 0.05) is 6.07 Å². The number of nitro benzene ring substituents is 1. The minimum Gasteiger partial charge on any atom is -0.504 e. The van der Waals surface area contributed by atoms with Crippen molar-refractivity contribution < 1.29 is 23.5 Å². The molecule has 1 aromatic rings. The lowest BCUT2D eigenvalue weighted by atomic mass is 10.3. The molecule has 1 rings (SSSR count). The van der Waals surface area contributed by atoms with Crippen molar-refractivity contribution in [2.45, 2.75) is 6.61 Å². The van der Waals surface area contributed by atoms with Gasteiger partial charge in [0.1, 0.15) is 0 Å². The molecule has 1 N–H and O–H groups in total. The summed E-state index contributed by atoms with van der Waals surface area (Å²) in [6.45, 7) is -3.14. The van der Waals surface area contributed by atoms with Crippen molar-refractivity contribution in [2.75, 3.05) is 0 Å². The van der Waals surface area contributed by atoms with Crippen LogP contribution in [-0.4, -0.2) is 16.6 Å². The number of rotatable bonds is 3. The second-order valence-electron chi connectivity index (χ2n) is 2.29. The summed E-state index contributed by atoms with van der Waals surface area (Å²) in [6, 6.07) is 2.62. The summed E-state index contributed by atoms with van der Waals surface area (Å²) in [4.78, 5) is 9.45. The van der Waals surface area contributed by atoms with Gasteiger partial charge >= 0.3 is 6.61 Å². The summed E-state index contributed by atoms with van der Waals surface area (Å²) in [6.07, 6.45) is 0. The SMILES string of the molecule is O=[N+]([O-])c1ccc(O)c(OC(F)F)c1. The van der Waals surface area contributed by atoms with Crippen LogP contribution in [0.4, 0.5) is 14.5 Å². The Morgan fingerprint density at radius 3 is 2.64 bits per heavy atom. The first-order valence-corrected chi connectivity index (χ1v) is 3.43. The normalized spacial score (nSPS) is 10.2. The molecule has 0 aliphatic heterocycles. The Morgan fingerprint density at radius 1 is 1.50 bits per heavy atom. The van der Waals surface area contributed by atoms with Crippen LogP contribution in [0.25, 0.3) is 0 Å². The van der Waals surface area contributed by atoms with E-state index in [0.717, 1.165) is 18.2 Å². The first-order valence-electron chi connectivity index (χ1n) is 3.43. The number of non-ortho nitro benzene ring substituents is 1. The van der Waals surface area contributed by atoms with Crippen LogP contribution in [0.1, 0.15) is 0 Å². The molecule has 0 heterocycles. The third-order valence-corrected chi connectivity index (χ3v) is 1.37. The van der Waals surface area contributed by atoms with Gasteiger partial charge in [0.25, 0.3) is 5.69 Å². The van der Waals surface area contributed by atoms with Gasteiger partial charge in [-0.15, -0.1) is 0 Å². The predicted octanol–water partition coefficient (Wildman–Crippen LogP) is 1.90. The average Bonchev–Trinajstić information content (AvgIpc) is 2.07. The third kappa shape index (κ3) is 2.28. The maximum atomic E-state index is 11.7. The van der Waals surface area contributed by atoms with E-state index in [1.165, 1.54) is 0 Å². The summed E-state index contributed by atoms with van der Waals surface area (Å²) in [7, 11) is 0. The molecule has 0 radical (unpaired) electrons.